The molecule has 0 heterocycles. The maximum Gasteiger partial charge on any atom is 0.234 e. The van der Waals surface area contributed by atoms with Crippen molar-refractivity contribution >= 4 is 5.91 Å². The molecule has 0 aromatic heterocycles. The van der Waals surface area contributed by atoms with Crippen molar-refractivity contribution in [3.05, 3.63) is 24.3 Å². The number of carbonyl (C=O) groups is 1. The van der Waals surface area contributed by atoms with Gasteiger partial charge in [-0.3, -0.25) is 4.79 Å². The van der Waals surface area contributed by atoms with Crippen molar-refractivity contribution in [2.45, 2.75) is 39.3 Å². The van der Waals surface area contributed by atoms with Crippen LogP contribution in [0.15, 0.2) is 24.3 Å². The molecule has 112 valence electrons. The lowest BCUT2D eigenvalue weighted by molar-refractivity contribution is -0.120. The van der Waals surface area contributed by atoms with Crippen molar-refractivity contribution < 1.29 is 14.3 Å². The topological polar surface area (TPSA) is 73.6 Å². The van der Waals surface area contributed by atoms with Gasteiger partial charge in [-0.1, -0.05) is 13.8 Å². The average molecular weight is 280 g/mol. The summed E-state index contributed by atoms with van der Waals surface area (Å²) in [5.41, 5.74) is 5.34. The number of ether oxygens (including phenoxy) is 2. The van der Waals surface area contributed by atoms with Gasteiger partial charge in [0.15, 0.2) is 0 Å². The van der Waals surface area contributed by atoms with Gasteiger partial charge in [0.1, 0.15) is 11.5 Å². The van der Waals surface area contributed by atoms with Gasteiger partial charge in [-0.25, -0.2) is 0 Å². The summed E-state index contributed by atoms with van der Waals surface area (Å²) < 4.78 is 11.0. The molecule has 1 rings (SSSR count). The van der Waals surface area contributed by atoms with Crippen molar-refractivity contribution in [1.29, 1.82) is 0 Å². The molecule has 0 aliphatic carbocycles. The summed E-state index contributed by atoms with van der Waals surface area (Å²) in [5, 5.41) is 3.12. The third kappa shape index (κ3) is 5.93. The van der Waals surface area contributed by atoms with E-state index in [1.165, 1.54) is 0 Å². The third-order valence-electron chi connectivity index (χ3n) is 2.69. The molecule has 1 aromatic carbocycles. The van der Waals surface area contributed by atoms with Crippen molar-refractivity contribution in [2.24, 2.45) is 5.73 Å². The predicted octanol–water partition coefficient (Wildman–Crippen LogP) is 1.71. The molecule has 0 saturated carbocycles. The Balaban J connectivity index is 2.40. The van der Waals surface area contributed by atoms with E-state index in [1.54, 1.807) is 0 Å². The van der Waals surface area contributed by atoms with Crippen molar-refractivity contribution in [1.82, 2.24) is 5.32 Å². The Morgan fingerprint density at radius 3 is 2.20 bits per heavy atom. The first-order valence-electron chi connectivity index (χ1n) is 6.94. The van der Waals surface area contributed by atoms with Gasteiger partial charge in [-0.15, -0.1) is 0 Å². The molecule has 0 bridgehead atoms. The van der Waals surface area contributed by atoms with Gasteiger partial charge in [0.25, 0.3) is 0 Å². The number of nitrogens with two attached hydrogens (primary N) is 1. The Morgan fingerprint density at radius 2 is 1.75 bits per heavy atom. The van der Waals surface area contributed by atoms with E-state index in [4.69, 9.17) is 15.2 Å². The van der Waals surface area contributed by atoms with Gasteiger partial charge in [0, 0.05) is 12.5 Å². The van der Waals surface area contributed by atoms with Crippen LogP contribution in [0.25, 0.3) is 0 Å². The Kier molecular flexibility index (Phi) is 6.87. The zero-order valence-electron chi connectivity index (χ0n) is 12.4. The smallest absolute Gasteiger partial charge is 0.234 e. The molecule has 3 N–H and O–H groups in total. The van der Waals surface area contributed by atoms with Gasteiger partial charge < -0.3 is 20.5 Å². The zero-order valence-corrected chi connectivity index (χ0v) is 12.4. The number of primary amides is 1. The molecule has 5 nitrogen and oxygen atoms in total. The van der Waals surface area contributed by atoms with Gasteiger partial charge in [-0.2, -0.15) is 0 Å². The highest BCUT2D eigenvalue weighted by Gasteiger charge is 2.15. The molecular weight excluding hydrogens is 256 g/mol. The fourth-order valence-electron chi connectivity index (χ4n) is 1.80. The van der Waals surface area contributed by atoms with Gasteiger partial charge in [0.2, 0.25) is 5.91 Å². The summed E-state index contributed by atoms with van der Waals surface area (Å²) in [7, 11) is 0. The van der Waals surface area contributed by atoms with E-state index in [0.717, 1.165) is 11.5 Å². The number of benzene rings is 1. The minimum Gasteiger partial charge on any atom is -0.494 e. The highest BCUT2D eigenvalue weighted by atomic mass is 16.5. The molecule has 1 amide bonds. The maximum absolute atomic E-state index is 11.3. The van der Waals surface area contributed by atoms with Crippen LogP contribution in [0.3, 0.4) is 0 Å². The molecule has 0 aliphatic heterocycles. The normalized spacial score (nSPS) is 12.2. The predicted molar refractivity (Wildman–Crippen MR) is 79.0 cm³/mol. The number of hydrogen-bond acceptors (Lipinski definition) is 4. The van der Waals surface area contributed by atoms with Crippen molar-refractivity contribution in [2.75, 3.05) is 13.2 Å². The molecule has 1 aromatic rings. The van der Waals surface area contributed by atoms with Gasteiger partial charge >= 0.3 is 0 Å². The van der Waals surface area contributed by atoms with Gasteiger partial charge in [-0.05, 0) is 31.2 Å². The summed E-state index contributed by atoms with van der Waals surface area (Å²) in [6.45, 7) is 6.96. The van der Waals surface area contributed by atoms with E-state index in [2.05, 4.69) is 5.32 Å². The van der Waals surface area contributed by atoms with Crippen molar-refractivity contribution in [3.8, 4) is 11.5 Å². The number of nitrogens with one attached hydrogen (secondary N) is 1. The molecule has 0 saturated heterocycles. The second kappa shape index (κ2) is 8.43. The second-order valence-corrected chi connectivity index (χ2v) is 4.82. The molecule has 1 atom stereocenters. The van der Waals surface area contributed by atoms with Crippen LogP contribution in [-0.4, -0.2) is 31.2 Å². The van der Waals surface area contributed by atoms with E-state index < -0.39 is 0 Å². The van der Waals surface area contributed by atoms with Crippen LogP contribution in [0.2, 0.25) is 0 Å². The lowest BCUT2D eigenvalue weighted by Crippen LogP contribution is -2.45. The monoisotopic (exact) mass is 280 g/mol. The second-order valence-electron chi connectivity index (χ2n) is 4.82. The zero-order chi connectivity index (χ0) is 15.0. The minimum absolute atomic E-state index is 0.206. The molecular formula is C15H24N2O3. The minimum atomic E-state index is -0.363. The highest BCUT2D eigenvalue weighted by Crippen LogP contribution is 2.17. The van der Waals surface area contributed by atoms with Crippen LogP contribution < -0.4 is 20.5 Å². The van der Waals surface area contributed by atoms with Crippen LogP contribution in [-0.2, 0) is 4.79 Å². The first kappa shape index (κ1) is 16.3. The van der Waals surface area contributed by atoms with E-state index >= 15 is 0 Å². The average Bonchev–Trinajstić information content (AvgIpc) is 2.39. The summed E-state index contributed by atoms with van der Waals surface area (Å²) in [6, 6.07) is 7.25. The largest absolute Gasteiger partial charge is 0.494 e. The van der Waals surface area contributed by atoms with Crippen molar-refractivity contribution in [3.63, 3.8) is 0 Å². The van der Waals surface area contributed by atoms with E-state index in [-0.39, 0.29) is 18.0 Å². The van der Waals surface area contributed by atoms with Gasteiger partial charge in [0.05, 0.1) is 19.3 Å². The number of rotatable bonds is 9. The summed E-state index contributed by atoms with van der Waals surface area (Å²) in [4.78, 5) is 11.3. The maximum atomic E-state index is 11.3. The first-order valence-corrected chi connectivity index (χ1v) is 6.94. The lowest BCUT2D eigenvalue weighted by Gasteiger charge is -2.18. The lowest BCUT2D eigenvalue weighted by atomic mass is 10.2. The van der Waals surface area contributed by atoms with E-state index in [9.17, 15) is 4.79 Å². The van der Waals surface area contributed by atoms with Crippen LogP contribution in [0.4, 0.5) is 0 Å². The SMILES string of the molecule is CCOc1ccc(OCCC(NC(C)C)C(N)=O)cc1. The molecule has 0 aliphatic rings. The number of carbonyl (C=O) groups excluding carboxylic acids is 1. The Hall–Kier alpha value is -1.75. The van der Waals surface area contributed by atoms with Crippen LogP contribution in [0.5, 0.6) is 11.5 Å². The molecule has 0 radical (unpaired) electrons. The van der Waals surface area contributed by atoms with E-state index in [1.807, 2.05) is 45.0 Å². The van der Waals surface area contributed by atoms with E-state index in [0.29, 0.717) is 19.6 Å². The molecule has 0 fully saturated rings. The molecule has 5 heteroatoms. The standard InChI is InChI=1S/C15H24N2O3/c1-4-19-12-5-7-13(8-6-12)20-10-9-14(15(16)18)17-11(2)3/h5-8,11,14,17H,4,9-10H2,1-3H3,(H2,16,18). The Labute approximate surface area is 120 Å². The quantitative estimate of drug-likeness (QED) is 0.722. The Bertz CT molecular complexity index is 404. The van der Waals surface area contributed by atoms with Crippen LogP contribution >= 0.6 is 0 Å². The number of hydrogen-bond donors (Lipinski definition) is 2. The first-order chi connectivity index (χ1) is 9.52. The fraction of sp³-hybridized carbons (Fsp3) is 0.533. The number of amides is 1. The van der Waals surface area contributed by atoms with Crippen LogP contribution in [0.1, 0.15) is 27.2 Å². The Morgan fingerprint density at radius 1 is 1.20 bits per heavy atom. The summed E-state index contributed by atoms with van der Waals surface area (Å²) >= 11 is 0. The molecule has 1 unspecified atom stereocenters. The molecule has 20 heavy (non-hydrogen) atoms. The highest BCUT2D eigenvalue weighted by molar-refractivity contribution is 5.79. The summed E-state index contributed by atoms with van der Waals surface area (Å²) in [6.07, 6.45) is 0.542. The fourth-order valence-corrected chi connectivity index (χ4v) is 1.80. The summed E-state index contributed by atoms with van der Waals surface area (Å²) in [5.74, 6) is 1.21. The molecule has 0 spiro atoms. The van der Waals surface area contributed by atoms with Crippen LogP contribution in [0, 0.1) is 0 Å². The third-order valence-corrected chi connectivity index (χ3v) is 2.69.